The minimum absolute atomic E-state index is 0.0851. The third-order valence-electron chi connectivity index (χ3n) is 4.92. The lowest BCUT2D eigenvalue weighted by Crippen LogP contribution is -2.26. The van der Waals surface area contributed by atoms with Crippen molar-refractivity contribution in [3.8, 4) is 28.8 Å². The van der Waals surface area contributed by atoms with Gasteiger partial charge in [-0.15, -0.1) is 5.10 Å². The standard InChI is InChI=1S/C22H22FN9O/c1-13-14(9-24)5-4-6-16(13)21-26-19(18(23)20(25)27-21)17-11-32(30-28-17)10-15-7-8-31(29-15)12-22(2,3)33/h4-8,11,33H,10,12H2,1-3H3,(H2,25,26,27). The monoisotopic (exact) mass is 447 g/mol. The van der Waals surface area contributed by atoms with E-state index < -0.39 is 11.4 Å². The molecule has 3 N–H and O–H groups in total. The van der Waals surface area contributed by atoms with E-state index in [2.05, 4.69) is 31.4 Å². The number of aromatic nitrogens is 7. The van der Waals surface area contributed by atoms with E-state index in [9.17, 15) is 14.8 Å². The van der Waals surface area contributed by atoms with Gasteiger partial charge < -0.3 is 10.8 Å². The van der Waals surface area contributed by atoms with Crippen LogP contribution in [0, 0.1) is 24.1 Å². The number of anilines is 1. The first kappa shape index (κ1) is 22.0. The van der Waals surface area contributed by atoms with Crippen LogP contribution in [0.3, 0.4) is 0 Å². The first-order valence-electron chi connectivity index (χ1n) is 10.1. The summed E-state index contributed by atoms with van der Waals surface area (Å²) in [5.74, 6) is -0.926. The van der Waals surface area contributed by atoms with Gasteiger partial charge in [0.15, 0.2) is 17.5 Å². The molecule has 0 amide bonds. The van der Waals surface area contributed by atoms with Crippen molar-refractivity contribution in [3.63, 3.8) is 0 Å². The average Bonchev–Trinajstić information content (AvgIpc) is 3.38. The van der Waals surface area contributed by atoms with Crippen LogP contribution in [-0.2, 0) is 13.1 Å². The molecule has 4 rings (SSSR count). The van der Waals surface area contributed by atoms with Gasteiger partial charge in [-0.05, 0) is 38.5 Å². The van der Waals surface area contributed by atoms with Crippen molar-refractivity contribution >= 4 is 5.82 Å². The molecule has 0 aliphatic carbocycles. The molecular formula is C22H22FN9O. The van der Waals surface area contributed by atoms with Crippen molar-refractivity contribution < 1.29 is 9.50 Å². The summed E-state index contributed by atoms with van der Waals surface area (Å²) in [5, 5.41) is 31.7. The summed E-state index contributed by atoms with van der Waals surface area (Å²) in [4.78, 5) is 8.40. The fraction of sp³-hybridized carbons (Fsp3) is 0.273. The SMILES string of the molecule is Cc1c(C#N)cccc1-c1nc(N)c(F)c(-c2cn(Cc3ccn(CC(C)(C)O)n3)nn2)n1. The third-order valence-corrected chi connectivity index (χ3v) is 4.92. The molecule has 33 heavy (non-hydrogen) atoms. The van der Waals surface area contributed by atoms with Gasteiger partial charge in [0, 0.05) is 11.8 Å². The molecule has 0 saturated heterocycles. The molecule has 0 fully saturated rings. The number of hydrogen-bond donors (Lipinski definition) is 2. The Morgan fingerprint density at radius 1 is 1.21 bits per heavy atom. The van der Waals surface area contributed by atoms with Gasteiger partial charge in [0.1, 0.15) is 11.4 Å². The Labute approximate surface area is 189 Å². The van der Waals surface area contributed by atoms with Gasteiger partial charge in [-0.25, -0.2) is 19.0 Å². The topological polar surface area (TPSA) is 144 Å². The number of hydrogen-bond acceptors (Lipinski definition) is 8. The molecule has 0 aliphatic rings. The van der Waals surface area contributed by atoms with Crippen LogP contribution < -0.4 is 5.73 Å². The molecule has 1 aromatic carbocycles. The van der Waals surface area contributed by atoms with E-state index in [0.29, 0.717) is 35.5 Å². The fourth-order valence-corrected chi connectivity index (χ4v) is 3.38. The second kappa shape index (κ2) is 8.40. The Hall–Kier alpha value is -4.17. The van der Waals surface area contributed by atoms with Gasteiger partial charge in [-0.2, -0.15) is 10.4 Å². The van der Waals surface area contributed by atoms with Gasteiger partial charge in [0.2, 0.25) is 0 Å². The van der Waals surface area contributed by atoms with E-state index in [-0.39, 0.29) is 23.0 Å². The number of benzene rings is 1. The Morgan fingerprint density at radius 3 is 2.73 bits per heavy atom. The maximum Gasteiger partial charge on any atom is 0.193 e. The summed E-state index contributed by atoms with van der Waals surface area (Å²) >= 11 is 0. The molecule has 10 nitrogen and oxygen atoms in total. The zero-order valence-corrected chi connectivity index (χ0v) is 18.4. The molecule has 0 atom stereocenters. The maximum absolute atomic E-state index is 14.8. The molecule has 4 aromatic rings. The average molecular weight is 447 g/mol. The highest BCUT2D eigenvalue weighted by Crippen LogP contribution is 2.28. The van der Waals surface area contributed by atoms with Crippen molar-refractivity contribution in [2.45, 2.75) is 39.5 Å². The number of nitrogen functional groups attached to an aromatic ring is 1. The van der Waals surface area contributed by atoms with Crippen LogP contribution in [0.25, 0.3) is 22.8 Å². The molecule has 0 aliphatic heterocycles. The normalized spacial score (nSPS) is 11.5. The molecule has 0 saturated carbocycles. The lowest BCUT2D eigenvalue weighted by Gasteiger charge is -2.16. The lowest BCUT2D eigenvalue weighted by atomic mass is 10.0. The van der Waals surface area contributed by atoms with E-state index in [1.165, 1.54) is 4.68 Å². The van der Waals surface area contributed by atoms with Crippen LogP contribution in [0.2, 0.25) is 0 Å². The molecule has 3 aromatic heterocycles. The van der Waals surface area contributed by atoms with Crippen molar-refractivity contribution in [2.75, 3.05) is 5.73 Å². The van der Waals surface area contributed by atoms with E-state index in [1.54, 1.807) is 62.1 Å². The van der Waals surface area contributed by atoms with Crippen LogP contribution in [-0.4, -0.2) is 45.4 Å². The van der Waals surface area contributed by atoms with Gasteiger partial charge in [0.05, 0.1) is 42.2 Å². The minimum atomic E-state index is -0.892. The Bertz CT molecular complexity index is 1360. The number of aliphatic hydroxyl groups is 1. The van der Waals surface area contributed by atoms with E-state index in [4.69, 9.17) is 5.73 Å². The van der Waals surface area contributed by atoms with E-state index in [1.807, 2.05) is 0 Å². The summed E-state index contributed by atoms with van der Waals surface area (Å²) in [5.41, 5.74) is 7.44. The second-order valence-electron chi connectivity index (χ2n) is 8.30. The third kappa shape index (κ3) is 4.70. The fourth-order valence-electron chi connectivity index (χ4n) is 3.38. The lowest BCUT2D eigenvalue weighted by molar-refractivity contribution is 0.0576. The summed E-state index contributed by atoms with van der Waals surface area (Å²) in [6.07, 6.45) is 3.31. The minimum Gasteiger partial charge on any atom is -0.389 e. The number of rotatable bonds is 6. The quantitative estimate of drug-likeness (QED) is 0.458. The Balaban J connectivity index is 1.64. The molecule has 11 heteroatoms. The predicted molar refractivity (Wildman–Crippen MR) is 118 cm³/mol. The van der Waals surface area contributed by atoms with Gasteiger partial charge in [0.25, 0.3) is 0 Å². The zero-order valence-electron chi connectivity index (χ0n) is 18.4. The summed E-state index contributed by atoms with van der Waals surface area (Å²) in [6, 6.07) is 9.05. The summed E-state index contributed by atoms with van der Waals surface area (Å²) in [6.45, 7) is 5.81. The zero-order chi connectivity index (χ0) is 23.8. The van der Waals surface area contributed by atoms with E-state index in [0.717, 1.165) is 0 Å². The second-order valence-corrected chi connectivity index (χ2v) is 8.30. The highest BCUT2D eigenvalue weighted by Gasteiger charge is 2.20. The first-order valence-corrected chi connectivity index (χ1v) is 10.1. The van der Waals surface area contributed by atoms with Crippen molar-refractivity contribution in [3.05, 3.63) is 59.3 Å². The number of nitrogens with two attached hydrogens (primary N) is 1. The van der Waals surface area contributed by atoms with Crippen molar-refractivity contribution in [2.24, 2.45) is 0 Å². The van der Waals surface area contributed by atoms with Crippen LogP contribution in [0.15, 0.2) is 36.7 Å². The van der Waals surface area contributed by atoms with Crippen LogP contribution in [0.5, 0.6) is 0 Å². The van der Waals surface area contributed by atoms with Gasteiger partial charge in [-0.1, -0.05) is 17.3 Å². The Morgan fingerprint density at radius 2 is 2.00 bits per heavy atom. The smallest absolute Gasteiger partial charge is 0.193 e. The highest BCUT2D eigenvalue weighted by atomic mass is 19.1. The predicted octanol–water partition coefficient (Wildman–Crippen LogP) is 2.32. The molecule has 0 bridgehead atoms. The number of nitrogens with zero attached hydrogens (tertiary/aromatic N) is 8. The van der Waals surface area contributed by atoms with Gasteiger partial charge >= 0.3 is 0 Å². The summed E-state index contributed by atoms with van der Waals surface area (Å²) in [7, 11) is 0. The summed E-state index contributed by atoms with van der Waals surface area (Å²) < 4.78 is 18.0. The highest BCUT2D eigenvalue weighted by molar-refractivity contribution is 5.69. The first-order chi connectivity index (χ1) is 15.6. The largest absolute Gasteiger partial charge is 0.389 e. The van der Waals surface area contributed by atoms with Crippen molar-refractivity contribution in [1.29, 1.82) is 5.26 Å². The van der Waals surface area contributed by atoms with Crippen LogP contribution in [0.4, 0.5) is 10.2 Å². The Kier molecular flexibility index (Phi) is 5.61. The van der Waals surface area contributed by atoms with Gasteiger partial charge in [-0.3, -0.25) is 4.68 Å². The molecule has 3 heterocycles. The number of halogens is 1. The maximum atomic E-state index is 14.8. The van der Waals surface area contributed by atoms with Crippen molar-refractivity contribution in [1.82, 2.24) is 34.7 Å². The van der Waals surface area contributed by atoms with E-state index >= 15 is 0 Å². The van der Waals surface area contributed by atoms with Crippen LogP contribution >= 0.6 is 0 Å². The molecule has 0 radical (unpaired) electrons. The molecule has 0 unspecified atom stereocenters. The number of nitriles is 1. The molecular weight excluding hydrogens is 425 g/mol. The molecule has 0 spiro atoms. The molecule has 168 valence electrons. The van der Waals surface area contributed by atoms with Crippen LogP contribution in [0.1, 0.15) is 30.7 Å².